The molecule has 54 valence electrons. The molecule has 0 aliphatic carbocycles. The Bertz CT molecular complexity index is 188. The number of nitrogens with two attached hydrogens (primary N) is 1. The Labute approximate surface area is 62.8 Å². The normalized spacial score (nSPS) is 30.2. The summed E-state index contributed by atoms with van der Waals surface area (Å²) >= 11 is 1.11. The van der Waals surface area contributed by atoms with E-state index in [1.54, 1.807) is 0 Å². The number of hydrogen-bond acceptors (Lipinski definition) is 4. The lowest BCUT2D eigenvalue weighted by Gasteiger charge is -2.32. The Morgan fingerprint density at radius 2 is 2.60 bits per heavy atom. The van der Waals surface area contributed by atoms with Crippen LogP contribution >= 0.6 is 11.8 Å². The molecule has 0 radical (unpaired) electrons. The average molecular weight is 157 g/mol. The van der Waals surface area contributed by atoms with Gasteiger partial charge < -0.3 is 11.1 Å². The van der Waals surface area contributed by atoms with E-state index in [1.807, 2.05) is 5.40 Å². The van der Waals surface area contributed by atoms with Crippen LogP contribution in [0.5, 0.6) is 0 Å². The van der Waals surface area contributed by atoms with Gasteiger partial charge in [0.1, 0.15) is 11.4 Å². The van der Waals surface area contributed by atoms with Crippen LogP contribution < -0.4 is 11.1 Å². The van der Waals surface area contributed by atoms with Gasteiger partial charge in [-0.15, -0.1) is 0 Å². The van der Waals surface area contributed by atoms with Crippen LogP contribution in [-0.4, -0.2) is 23.7 Å². The molecule has 2 atom stereocenters. The first-order chi connectivity index (χ1) is 4.75. The first-order valence-electron chi connectivity index (χ1n) is 2.82. The molecule has 0 aromatic heterocycles. The lowest BCUT2D eigenvalue weighted by molar-refractivity contribution is -0.129. The monoisotopic (exact) mass is 157 g/mol. The van der Waals surface area contributed by atoms with Crippen molar-refractivity contribution in [3.8, 4) is 5.40 Å². The minimum absolute atomic E-state index is 0.00264. The van der Waals surface area contributed by atoms with E-state index >= 15 is 0 Å². The highest BCUT2D eigenvalue weighted by Gasteiger charge is 2.35. The molecule has 0 aromatic carbocycles. The highest BCUT2D eigenvalue weighted by molar-refractivity contribution is 8.03. The molecule has 0 saturated carbocycles. The molecule has 1 saturated heterocycles. The number of β-lactam (4-membered cyclic amide) rings is 1. The second-order valence-electron chi connectivity index (χ2n) is 2.04. The van der Waals surface area contributed by atoms with Crippen LogP contribution in [0.4, 0.5) is 0 Å². The molecule has 1 heterocycles. The van der Waals surface area contributed by atoms with Crippen LogP contribution in [0.2, 0.25) is 0 Å². The van der Waals surface area contributed by atoms with E-state index in [2.05, 4.69) is 5.32 Å². The molecular weight excluding hydrogens is 150 g/mol. The van der Waals surface area contributed by atoms with Gasteiger partial charge in [-0.05, 0) is 11.8 Å². The topological polar surface area (TPSA) is 78.9 Å². The zero-order valence-corrected chi connectivity index (χ0v) is 6.02. The summed E-state index contributed by atoms with van der Waals surface area (Å²) in [6, 6.07) is -0.405. The van der Waals surface area contributed by atoms with E-state index in [4.69, 9.17) is 11.0 Å². The fraction of sp³-hybridized carbons (Fsp3) is 0.600. The van der Waals surface area contributed by atoms with Crippen LogP contribution in [0.1, 0.15) is 0 Å². The average Bonchev–Trinajstić information content (AvgIpc) is 1.97. The summed E-state index contributed by atoms with van der Waals surface area (Å²) in [4.78, 5) is 10.5. The molecule has 10 heavy (non-hydrogen) atoms. The Hall–Kier alpha value is -0.730. The van der Waals surface area contributed by atoms with Crippen LogP contribution in [0.25, 0.3) is 0 Å². The van der Waals surface area contributed by atoms with Crippen molar-refractivity contribution < 1.29 is 4.79 Å². The predicted molar refractivity (Wildman–Crippen MR) is 38.0 cm³/mol. The summed E-state index contributed by atoms with van der Waals surface area (Å²) in [7, 11) is 0. The van der Waals surface area contributed by atoms with E-state index in [9.17, 15) is 4.79 Å². The number of nitrogens with one attached hydrogen (secondary N) is 1. The quantitative estimate of drug-likeness (QED) is 0.399. The fourth-order valence-corrected chi connectivity index (χ4v) is 1.27. The predicted octanol–water partition coefficient (Wildman–Crippen LogP) is -0.974. The van der Waals surface area contributed by atoms with E-state index < -0.39 is 6.04 Å². The van der Waals surface area contributed by atoms with Crippen LogP contribution in [0.15, 0.2) is 0 Å². The Balaban J connectivity index is 2.22. The number of rotatable bonds is 2. The molecule has 1 rings (SSSR count). The highest BCUT2D eigenvalue weighted by Crippen LogP contribution is 2.09. The number of nitriles is 1. The molecule has 4 nitrogen and oxygen atoms in total. The van der Waals surface area contributed by atoms with Crippen molar-refractivity contribution in [3.63, 3.8) is 0 Å². The number of hydrogen-bond donors (Lipinski definition) is 2. The van der Waals surface area contributed by atoms with Crippen molar-refractivity contribution in [3.05, 3.63) is 0 Å². The molecule has 2 unspecified atom stereocenters. The molecule has 1 aliphatic heterocycles. The zero-order chi connectivity index (χ0) is 7.56. The minimum atomic E-state index is -0.402. The number of carbonyl (C=O) groups is 1. The number of carbonyl (C=O) groups excluding carboxylic acids is 1. The van der Waals surface area contributed by atoms with E-state index in [0.29, 0.717) is 5.75 Å². The van der Waals surface area contributed by atoms with Crippen molar-refractivity contribution in [2.75, 3.05) is 5.75 Å². The summed E-state index contributed by atoms with van der Waals surface area (Å²) in [6.45, 7) is 0. The first kappa shape index (κ1) is 7.38. The van der Waals surface area contributed by atoms with Gasteiger partial charge in [-0.1, -0.05) is 0 Å². The number of amides is 1. The van der Waals surface area contributed by atoms with Gasteiger partial charge in [-0.2, -0.15) is 5.26 Å². The lowest BCUT2D eigenvalue weighted by Crippen LogP contribution is -2.67. The van der Waals surface area contributed by atoms with Gasteiger partial charge in [-0.25, -0.2) is 0 Å². The zero-order valence-electron chi connectivity index (χ0n) is 5.20. The van der Waals surface area contributed by atoms with Crippen molar-refractivity contribution in [2.45, 2.75) is 12.1 Å². The summed E-state index contributed by atoms with van der Waals surface area (Å²) in [5.74, 6) is 0.465. The summed E-state index contributed by atoms with van der Waals surface area (Å²) in [5, 5.41) is 12.6. The molecular formula is C5H7N3OS. The van der Waals surface area contributed by atoms with Crippen molar-refractivity contribution in [1.29, 1.82) is 5.26 Å². The minimum Gasteiger partial charge on any atom is -0.349 e. The molecule has 3 N–H and O–H groups in total. The third kappa shape index (κ3) is 1.23. The Morgan fingerprint density at radius 3 is 3.00 bits per heavy atom. The number of nitrogens with zero attached hydrogens (tertiary/aromatic N) is 1. The molecule has 0 spiro atoms. The van der Waals surface area contributed by atoms with Crippen LogP contribution in [-0.2, 0) is 4.79 Å². The summed E-state index contributed by atoms with van der Waals surface area (Å²) < 4.78 is 0. The van der Waals surface area contributed by atoms with E-state index in [1.165, 1.54) is 0 Å². The second-order valence-corrected chi connectivity index (χ2v) is 2.85. The summed E-state index contributed by atoms with van der Waals surface area (Å²) in [6.07, 6.45) is 0. The lowest BCUT2D eigenvalue weighted by atomic mass is 10.0. The van der Waals surface area contributed by atoms with Gasteiger partial charge >= 0.3 is 0 Å². The maximum absolute atomic E-state index is 10.5. The molecule has 0 bridgehead atoms. The van der Waals surface area contributed by atoms with E-state index in [0.717, 1.165) is 11.8 Å². The maximum Gasteiger partial charge on any atom is 0.239 e. The Morgan fingerprint density at radius 1 is 1.90 bits per heavy atom. The van der Waals surface area contributed by atoms with Gasteiger partial charge in [0.2, 0.25) is 5.91 Å². The van der Waals surface area contributed by atoms with Crippen LogP contribution in [0.3, 0.4) is 0 Å². The van der Waals surface area contributed by atoms with E-state index in [-0.39, 0.29) is 11.9 Å². The number of thioether (sulfide) groups is 1. The van der Waals surface area contributed by atoms with Crippen molar-refractivity contribution >= 4 is 17.7 Å². The molecule has 1 amide bonds. The van der Waals surface area contributed by atoms with Crippen LogP contribution in [0, 0.1) is 10.7 Å². The van der Waals surface area contributed by atoms with Gasteiger partial charge in [0.05, 0.1) is 6.04 Å². The van der Waals surface area contributed by atoms with Gasteiger partial charge in [0.25, 0.3) is 0 Å². The summed E-state index contributed by atoms with van der Waals surface area (Å²) in [5.41, 5.74) is 5.37. The smallest absolute Gasteiger partial charge is 0.239 e. The molecule has 1 fully saturated rings. The Kier molecular flexibility index (Phi) is 2.14. The molecule has 0 aromatic rings. The van der Waals surface area contributed by atoms with Crippen molar-refractivity contribution in [2.24, 2.45) is 5.73 Å². The van der Waals surface area contributed by atoms with Gasteiger partial charge in [0, 0.05) is 5.75 Å². The third-order valence-electron chi connectivity index (χ3n) is 1.39. The fourth-order valence-electron chi connectivity index (χ4n) is 0.728. The SMILES string of the molecule is N#CSCC1NC(=O)C1N. The highest BCUT2D eigenvalue weighted by atomic mass is 32.2. The standard InChI is InChI=1S/C5H7N3OS/c6-2-10-1-3-4(7)5(9)8-3/h3-4H,1,7H2,(H,8,9). The largest absolute Gasteiger partial charge is 0.349 e. The third-order valence-corrected chi connectivity index (χ3v) is 2.05. The number of thiocyanates is 1. The second kappa shape index (κ2) is 2.90. The van der Waals surface area contributed by atoms with Gasteiger partial charge in [-0.3, -0.25) is 4.79 Å². The van der Waals surface area contributed by atoms with Crippen molar-refractivity contribution in [1.82, 2.24) is 5.32 Å². The maximum atomic E-state index is 10.5. The first-order valence-corrected chi connectivity index (χ1v) is 3.81. The van der Waals surface area contributed by atoms with Gasteiger partial charge in [0.15, 0.2) is 0 Å². The molecule has 5 heteroatoms. The molecule has 1 aliphatic rings.